The fourth-order valence-electron chi connectivity index (χ4n) is 6.42. The zero-order valence-electron chi connectivity index (χ0n) is 23.7. The van der Waals surface area contributed by atoms with Gasteiger partial charge in [0.2, 0.25) is 0 Å². The van der Waals surface area contributed by atoms with Gasteiger partial charge in [0.15, 0.2) is 11.3 Å². The number of nitro benzene ring substituents is 2. The Morgan fingerprint density at radius 1 is 0.689 bits per heavy atom. The molecule has 0 saturated carbocycles. The van der Waals surface area contributed by atoms with Crippen LogP contribution in [-0.4, -0.2) is 21.3 Å². The summed E-state index contributed by atoms with van der Waals surface area (Å²) in [5, 5.41) is 29.8. The maximum atomic E-state index is 15.3. The minimum Gasteiger partial charge on any atom is -0.291 e. The van der Waals surface area contributed by atoms with E-state index >= 15 is 4.79 Å². The van der Waals surface area contributed by atoms with E-state index in [9.17, 15) is 20.2 Å². The summed E-state index contributed by atoms with van der Waals surface area (Å²) in [4.78, 5) is 37.2. The number of fused-ring (bicyclic) bond motifs is 2. The SMILES string of the molecule is O=C1/C(=C/c2ccc([N+](=O)[O-])cc2)c2ccccc2[C@]12[C@H](c1ccc([N+](=O)[O-])cc1)C(c1ccccc1)=NN2c1ccccc1. The van der Waals surface area contributed by atoms with E-state index in [2.05, 4.69) is 0 Å². The van der Waals surface area contributed by atoms with Crippen molar-refractivity contribution in [1.29, 1.82) is 0 Å². The molecule has 1 heterocycles. The number of anilines is 1. The van der Waals surface area contributed by atoms with Gasteiger partial charge in [-0.25, -0.2) is 5.01 Å². The lowest BCUT2D eigenvalue weighted by atomic mass is 9.71. The number of hydrazone groups is 1. The van der Waals surface area contributed by atoms with Crippen molar-refractivity contribution >= 4 is 40.2 Å². The summed E-state index contributed by atoms with van der Waals surface area (Å²) >= 11 is 0. The molecule has 0 bridgehead atoms. The summed E-state index contributed by atoms with van der Waals surface area (Å²) in [6.07, 6.45) is 1.76. The smallest absolute Gasteiger partial charge is 0.269 e. The number of rotatable bonds is 6. The first-order chi connectivity index (χ1) is 21.9. The Balaban J connectivity index is 1.51. The van der Waals surface area contributed by atoms with E-state index in [0.717, 1.165) is 16.7 Å². The van der Waals surface area contributed by atoms with Crippen LogP contribution in [0.1, 0.15) is 33.7 Å². The van der Waals surface area contributed by atoms with Gasteiger partial charge in [-0.3, -0.25) is 25.0 Å². The quantitative estimate of drug-likeness (QED) is 0.114. The average molecular weight is 593 g/mol. The van der Waals surface area contributed by atoms with Gasteiger partial charge in [-0.05, 0) is 58.2 Å². The maximum absolute atomic E-state index is 15.3. The van der Waals surface area contributed by atoms with Crippen LogP contribution in [0.3, 0.4) is 0 Å². The second-order valence-corrected chi connectivity index (χ2v) is 10.8. The number of ketones is 1. The third-order valence-electron chi connectivity index (χ3n) is 8.37. The van der Waals surface area contributed by atoms with E-state index in [-0.39, 0.29) is 17.2 Å². The Bertz CT molecular complexity index is 2020. The van der Waals surface area contributed by atoms with Gasteiger partial charge in [0.05, 0.1) is 27.2 Å². The first-order valence-electron chi connectivity index (χ1n) is 14.2. The molecule has 1 aliphatic heterocycles. The Morgan fingerprint density at radius 2 is 1.24 bits per heavy atom. The fourth-order valence-corrected chi connectivity index (χ4v) is 6.42. The Labute approximate surface area is 257 Å². The van der Waals surface area contributed by atoms with Crippen LogP contribution < -0.4 is 5.01 Å². The second kappa shape index (κ2) is 10.8. The highest BCUT2D eigenvalue weighted by Crippen LogP contribution is 2.58. The molecule has 45 heavy (non-hydrogen) atoms. The molecule has 0 unspecified atom stereocenters. The van der Waals surface area contributed by atoms with Crippen molar-refractivity contribution in [3.63, 3.8) is 0 Å². The normalized spacial score (nSPS) is 19.5. The third-order valence-corrected chi connectivity index (χ3v) is 8.37. The van der Waals surface area contributed by atoms with E-state index in [1.54, 1.807) is 35.4 Å². The number of hydrogen-bond donors (Lipinski definition) is 0. The van der Waals surface area contributed by atoms with Gasteiger partial charge in [-0.1, -0.05) is 84.9 Å². The lowest BCUT2D eigenvalue weighted by Gasteiger charge is -2.38. The van der Waals surface area contributed by atoms with Gasteiger partial charge in [-0.2, -0.15) is 5.10 Å². The first-order valence-corrected chi connectivity index (χ1v) is 14.2. The van der Waals surface area contributed by atoms with Crippen LogP contribution in [0.15, 0.2) is 139 Å². The Kier molecular flexibility index (Phi) is 6.63. The highest BCUT2D eigenvalue weighted by molar-refractivity contribution is 6.36. The number of non-ortho nitro benzene ring substituents is 2. The zero-order chi connectivity index (χ0) is 31.1. The van der Waals surface area contributed by atoms with Crippen molar-refractivity contribution in [2.24, 2.45) is 5.10 Å². The molecule has 7 rings (SSSR count). The molecule has 2 atom stereocenters. The minimum absolute atomic E-state index is 0.0445. The summed E-state index contributed by atoms with van der Waals surface area (Å²) in [5.41, 5.74) is 3.92. The molecule has 0 amide bonds. The number of carbonyl (C=O) groups is 1. The lowest BCUT2D eigenvalue weighted by Crippen LogP contribution is -2.49. The van der Waals surface area contributed by atoms with E-state index in [1.165, 1.54) is 24.3 Å². The second-order valence-electron chi connectivity index (χ2n) is 10.8. The number of nitrogens with zero attached hydrogens (tertiary/aromatic N) is 4. The molecule has 5 aromatic rings. The summed E-state index contributed by atoms with van der Waals surface area (Å²) in [6.45, 7) is 0. The summed E-state index contributed by atoms with van der Waals surface area (Å²) in [7, 11) is 0. The molecule has 5 aromatic carbocycles. The highest BCUT2D eigenvalue weighted by atomic mass is 16.6. The van der Waals surface area contributed by atoms with Crippen molar-refractivity contribution in [1.82, 2.24) is 0 Å². The Morgan fingerprint density at radius 3 is 1.87 bits per heavy atom. The average Bonchev–Trinajstić information content (AvgIpc) is 3.55. The molecule has 0 N–H and O–H groups in total. The fraction of sp³-hybridized carbons (Fsp3) is 0.0556. The predicted octanol–water partition coefficient (Wildman–Crippen LogP) is 7.53. The summed E-state index contributed by atoms with van der Waals surface area (Å²) in [6, 6.07) is 39.1. The number of hydrogen-bond acceptors (Lipinski definition) is 7. The minimum atomic E-state index is -1.38. The van der Waals surface area contributed by atoms with Gasteiger partial charge >= 0.3 is 0 Å². The van der Waals surface area contributed by atoms with Gasteiger partial charge in [0, 0.05) is 29.8 Å². The highest BCUT2D eigenvalue weighted by Gasteiger charge is 2.63. The molecule has 0 aromatic heterocycles. The molecule has 9 heteroatoms. The van der Waals surface area contributed by atoms with Crippen LogP contribution in [0.4, 0.5) is 17.1 Å². The molecular weight excluding hydrogens is 568 g/mol. The van der Waals surface area contributed by atoms with Crippen molar-refractivity contribution in [3.8, 4) is 0 Å². The van der Waals surface area contributed by atoms with Crippen LogP contribution in [0, 0.1) is 20.2 Å². The molecule has 9 nitrogen and oxygen atoms in total. The molecular formula is C36H24N4O5. The van der Waals surface area contributed by atoms with Crippen LogP contribution in [0.5, 0.6) is 0 Å². The van der Waals surface area contributed by atoms with Crippen LogP contribution in [-0.2, 0) is 10.3 Å². The van der Waals surface area contributed by atoms with Crippen molar-refractivity contribution in [2.75, 3.05) is 5.01 Å². The molecule has 2 aliphatic rings. The van der Waals surface area contributed by atoms with Crippen molar-refractivity contribution < 1.29 is 14.6 Å². The van der Waals surface area contributed by atoms with Crippen molar-refractivity contribution in [2.45, 2.75) is 11.5 Å². The number of para-hydroxylation sites is 1. The monoisotopic (exact) mass is 592 g/mol. The van der Waals surface area contributed by atoms with Crippen LogP contribution in [0.25, 0.3) is 11.6 Å². The van der Waals surface area contributed by atoms with E-state index in [4.69, 9.17) is 5.10 Å². The van der Waals surface area contributed by atoms with Crippen LogP contribution in [0.2, 0.25) is 0 Å². The molecule has 218 valence electrons. The van der Waals surface area contributed by atoms with E-state index < -0.39 is 21.3 Å². The maximum Gasteiger partial charge on any atom is 0.269 e. The Hall–Kier alpha value is -6.22. The third kappa shape index (κ3) is 4.41. The number of Topliss-reactive ketones (excluding diaryl/α,β-unsaturated/α-hetero) is 1. The van der Waals surface area contributed by atoms with Gasteiger partial charge in [0.25, 0.3) is 11.4 Å². The van der Waals surface area contributed by atoms with E-state index in [1.807, 2.05) is 84.9 Å². The zero-order valence-corrected chi connectivity index (χ0v) is 23.7. The molecule has 0 radical (unpaired) electrons. The largest absolute Gasteiger partial charge is 0.291 e. The lowest BCUT2D eigenvalue weighted by molar-refractivity contribution is -0.385. The van der Waals surface area contributed by atoms with Gasteiger partial charge < -0.3 is 0 Å². The number of carbonyl (C=O) groups excluding carboxylic acids is 1. The molecule has 0 saturated heterocycles. The molecule has 1 aliphatic carbocycles. The van der Waals surface area contributed by atoms with Gasteiger partial charge in [0.1, 0.15) is 0 Å². The van der Waals surface area contributed by atoms with Crippen LogP contribution >= 0.6 is 0 Å². The van der Waals surface area contributed by atoms with Crippen molar-refractivity contribution in [3.05, 3.63) is 182 Å². The van der Waals surface area contributed by atoms with E-state index in [0.29, 0.717) is 28.1 Å². The number of nitro groups is 2. The number of benzene rings is 5. The first kappa shape index (κ1) is 27.6. The topological polar surface area (TPSA) is 119 Å². The summed E-state index contributed by atoms with van der Waals surface area (Å²) in [5.74, 6) is -0.860. The molecule has 1 spiro atoms. The predicted molar refractivity (Wildman–Crippen MR) is 172 cm³/mol. The van der Waals surface area contributed by atoms with Gasteiger partial charge in [-0.15, -0.1) is 0 Å². The molecule has 0 fully saturated rings. The standard InChI is InChI=1S/C36H24N4O5/c41-35-31(23-24-15-19-28(20-16-24)39(42)43)30-13-7-8-14-32(30)36(35)33(25-17-21-29(22-18-25)40(44)45)34(26-9-3-1-4-10-26)37-38(36)27-11-5-2-6-12-27/h1-23,33H/b31-23+/t33-,36+/m1/s1. The summed E-state index contributed by atoms with van der Waals surface area (Å²) < 4.78 is 0.